The molecule has 1 rings (SSSR count). The summed E-state index contributed by atoms with van der Waals surface area (Å²) < 4.78 is 13.4. The number of hydrogen-bond acceptors (Lipinski definition) is 2. The third-order valence-electron chi connectivity index (χ3n) is 2.26. The topological polar surface area (TPSA) is 43.1 Å². The Bertz CT molecular complexity index is 372. The average Bonchev–Trinajstić information content (AvgIpc) is 2.13. The summed E-state index contributed by atoms with van der Waals surface area (Å²) in [7, 11) is 0. The highest BCUT2D eigenvalue weighted by atomic mass is 19.1. The molecule has 0 spiro atoms. The van der Waals surface area contributed by atoms with Crippen molar-refractivity contribution in [3.63, 3.8) is 0 Å². The molecule has 14 heavy (non-hydrogen) atoms. The Morgan fingerprint density at radius 2 is 2.00 bits per heavy atom. The van der Waals surface area contributed by atoms with Gasteiger partial charge in [0.2, 0.25) is 0 Å². The molecule has 0 bridgehead atoms. The zero-order chi connectivity index (χ0) is 10.9. The Morgan fingerprint density at radius 1 is 1.43 bits per heavy atom. The number of Topliss-reactive ketones (excluding diaryl/α,β-unsaturated/α-hetero) is 1. The molecule has 1 aromatic rings. The number of benzene rings is 1. The van der Waals surface area contributed by atoms with Gasteiger partial charge in [-0.25, -0.2) is 4.39 Å². The number of halogens is 1. The minimum atomic E-state index is -0.587. The molecule has 0 aliphatic rings. The maximum absolute atomic E-state index is 13.4. The van der Waals surface area contributed by atoms with Crippen LogP contribution in [-0.4, -0.2) is 11.8 Å². The van der Waals surface area contributed by atoms with E-state index in [0.29, 0.717) is 16.7 Å². The fourth-order valence-electron chi connectivity index (χ4n) is 1.33. The molecule has 0 saturated carbocycles. The summed E-state index contributed by atoms with van der Waals surface area (Å²) in [6, 6.07) is 2.63. The summed E-state index contributed by atoms with van der Waals surface area (Å²) in [6.45, 7) is 4.86. The molecular weight excluding hydrogens is 181 g/mol. The predicted molar refractivity (Wildman–Crippen MR) is 53.9 cm³/mol. The first-order valence-electron chi connectivity index (χ1n) is 4.50. The number of carbonyl (C=O) groups excluding carboxylic acids is 1. The smallest absolute Gasteiger partial charge is 0.179 e. The van der Waals surface area contributed by atoms with Gasteiger partial charge in [0, 0.05) is 5.56 Å². The van der Waals surface area contributed by atoms with E-state index in [1.165, 1.54) is 0 Å². The van der Waals surface area contributed by atoms with Crippen LogP contribution in [-0.2, 0) is 0 Å². The molecule has 2 nitrogen and oxygen atoms in total. The molecule has 0 amide bonds. The second kappa shape index (κ2) is 3.88. The van der Waals surface area contributed by atoms with Gasteiger partial charge < -0.3 is 5.73 Å². The Hall–Kier alpha value is -1.22. The standard InChI is InChI=1S/C11H14FNO/c1-6-4-5-9(7(2)10(6)12)11(14)8(3)13/h4-5,8H,13H2,1-3H3. The third-order valence-corrected chi connectivity index (χ3v) is 2.26. The van der Waals surface area contributed by atoms with Crippen LogP contribution in [0.25, 0.3) is 0 Å². The fourth-order valence-corrected chi connectivity index (χ4v) is 1.33. The van der Waals surface area contributed by atoms with Gasteiger partial charge in [0.1, 0.15) is 5.82 Å². The van der Waals surface area contributed by atoms with E-state index >= 15 is 0 Å². The van der Waals surface area contributed by atoms with Crippen LogP contribution < -0.4 is 5.73 Å². The van der Waals surface area contributed by atoms with Crippen LogP contribution in [0.1, 0.15) is 28.4 Å². The number of rotatable bonds is 2. The number of aryl methyl sites for hydroxylation is 1. The zero-order valence-corrected chi connectivity index (χ0v) is 8.60. The molecule has 0 saturated heterocycles. The molecule has 1 aromatic carbocycles. The molecular formula is C11H14FNO. The van der Waals surface area contributed by atoms with Crippen molar-refractivity contribution in [2.45, 2.75) is 26.8 Å². The normalized spacial score (nSPS) is 12.6. The second-order valence-electron chi connectivity index (χ2n) is 3.52. The summed E-state index contributed by atoms with van der Waals surface area (Å²) in [5.41, 5.74) is 6.76. The SMILES string of the molecule is Cc1ccc(C(=O)C(C)N)c(C)c1F. The summed E-state index contributed by atoms with van der Waals surface area (Å²) in [5.74, 6) is -0.544. The molecule has 0 fully saturated rings. The molecule has 3 heteroatoms. The molecule has 76 valence electrons. The molecule has 0 aliphatic carbocycles. The van der Waals surface area contributed by atoms with Gasteiger partial charge in [-0.15, -0.1) is 0 Å². The van der Waals surface area contributed by atoms with Gasteiger partial charge in [0.05, 0.1) is 6.04 Å². The monoisotopic (exact) mass is 195 g/mol. The van der Waals surface area contributed by atoms with E-state index in [9.17, 15) is 9.18 Å². The van der Waals surface area contributed by atoms with Gasteiger partial charge in [-0.1, -0.05) is 12.1 Å². The predicted octanol–water partition coefficient (Wildman–Crippen LogP) is 1.97. The van der Waals surface area contributed by atoms with Gasteiger partial charge in [0.25, 0.3) is 0 Å². The van der Waals surface area contributed by atoms with Crippen molar-refractivity contribution in [3.05, 3.63) is 34.6 Å². The van der Waals surface area contributed by atoms with E-state index in [1.807, 2.05) is 0 Å². The summed E-state index contributed by atoms with van der Waals surface area (Å²) in [5, 5.41) is 0. The van der Waals surface area contributed by atoms with Gasteiger partial charge in [-0.2, -0.15) is 0 Å². The lowest BCUT2D eigenvalue weighted by molar-refractivity contribution is 0.0967. The Kier molecular flexibility index (Phi) is 3.01. The van der Waals surface area contributed by atoms with Crippen LogP contribution in [0, 0.1) is 19.7 Å². The van der Waals surface area contributed by atoms with E-state index in [1.54, 1.807) is 32.9 Å². The Labute approximate surface area is 82.9 Å². The van der Waals surface area contributed by atoms with E-state index in [-0.39, 0.29) is 11.6 Å². The van der Waals surface area contributed by atoms with Crippen molar-refractivity contribution in [2.75, 3.05) is 0 Å². The lowest BCUT2D eigenvalue weighted by Crippen LogP contribution is -2.27. The summed E-state index contributed by atoms with van der Waals surface area (Å²) >= 11 is 0. The highest BCUT2D eigenvalue weighted by molar-refractivity contribution is 6.01. The lowest BCUT2D eigenvalue weighted by atomic mass is 9.98. The fraction of sp³-hybridized carbons (Fsp3) is 0.364. The van der Waals surface area contributed by atoms with Gasteiger partial charge in [0.15, 0.2) is 5.78 Å². The minimum Gasteiger partial charge on any atom is -0.321 e. The first kappa shape index (κ1) is 10.9. The van der Waals surface area contributed by atoms with Gasteiger partial charge in [-0.3, -0.25) is 4.79 Å². The highest BCUT2D eigenvalue weighted by Crippen LogP contribution is 2.17. The largest absolute Gasteiger partial charge is 0.321 e. The van der Waals surface area contributed by atoms with E-state index in [0.717, 1.165) is 0 Å². The average molecular weight is 195 g/mol. The summed E-state index contributed by atoms with van der Waals surface area (Å²) in [4.78, 5) is 11.5. The number of hydrogen-bond donors (Lipinski definition) is 1. The molecule has 2 N–H and O–H groups in total. The number of ketones is 1. The number of nitrogens with two attached hydrogens (primary N) is 1. The van der Waals surface area contributed by atoms with Crippen molar-refractivity contribution < 1.29 is 9.18 Å². The zero-order valence-electron chi connectivity index (χ0n) is 8.60. The minimum absolute atomic E-state index is 0.221. The van der Waals surface area contributed by atoms with Crippen molar-refractivity contribution in [3.8, 4) is 0 Å². The van der Waals surface area contributed by atoms with Gasteiger partial charge in [-0.05, 0) is 31.9 Å². The lowest BCUT2D eigenvalue weighted by Gasteiger charge is -2.09. The van der Waals surface area contributed by atoms with Crippen LogP contribution in [0.5, 0.6) is 0 Å². The molecule has 0 radical (unpaired) electrons. The molecule has 1 unspecified atom stereocenters. The van der Waals surface area contributed by atoms with Crippen molar-refractivity contribution >= 4 is 5.78 Å². The van der Waals surface area contributed by atoms with Crippen LogP contribution in [0.15, 0.2) is 12.1 Å². The number of carbonyl (C=O) groups is 1. The van der Waals surface area contributed by atoms with Crippen LogP contribution in [0.2, 0.25) is 0 Å². The third kappa shape index (κ3) is 1.82. The quantitative estimate of drug-likeness (QED) is 0.733. The maximum atomic E-state index is 13.4. The van der Waals surface area contributed by atoms with Crippen LogP contribution in [0.4, 0.5) is 4.39 Å². The van der Waals surface area contributed by atoms with Crippen molar-refractivity contribution in [1.82, 2.24) is 0 Å². The molecule has 0 aromatic heterocycles. The second-order valence-corrected chi connectivity index (χ2v) is 3.52. The van der Waals surface area contributed by atoms with E-state index in [4.69, 9.17) is 5.73 Å². The van der Waals surface area contributed by atoms with E-state index in [2.05, 4.69) is 0 Å². The Balaban J connectivity index is 3.24. The van der Waals surface area contributed by atoms with Crippen molar-refractivity contribution in [1.29, 1.82) is 0 Å². The van der Waals surface area contributed by atoms with Crippen LogP contribution >= 0.6 is 0 Å². The molecule has 0 heterocycles. The Morgan fingerprint density at radius 3 is 2.50 bits per heavy atom. The van der Waals surface area contributed by atoms with Gasteiger partial charge >= 0.3 is 0 Å². The highest BCUT2D eigenvalue weighted by Gasteiger charge is 2.16. The first-order chi connectivity index (χ1) is 6.45. The van der Waals surface area contributed by atoms with Crippen molar-refractivity contribution in [2.24, 2.45) is 5.73 Å². The molecule has 1 atom stereocenters. The maximum Gasteiger partial charge on any atom is 0.179 e. The van der Waals surface area contributed by atoms with E-state index < -0.39 is 6.04 Å². The first-order valence-corrected chi connectivity index (χ1v) is 4.50. The van der Waals surface area contributed by atoms with Crippen LogP contribution in [0.3, 0.4) is 0 Å². The molecule has 0 aliphatic heterocycles. The summed E-state index contributed by atoms with van der Waals surface area (Å²) in [6.07, 6.45) is 0.